The number of piperidine rings is 1. The van der Waals surface area contributed by atoms with Gasteiger partial charge < -0.3 is 15.5 Å². The summed E-state index contributed by atoms with van der Waals surface area (Å²) < 4.78 is 1.70. The third-order valence-corrected chi connectivity index (χ3v) is 5.34. The van der Waals surface area contributed by atoms with Gasteiger partial charge in [0.25, 0.3) is 5.91 Å². The van der Waals surface area contributed by atoms with Crippen molar-refractivity contribution in [1.29, 1.82) is 0 Å². The summed E-state index contributed by atoms with van der Waals surface area (Å²) in [5, 5.41) is 12.1. The standard InChI is InChI=1S/C16H21N5O2S/c1-17-15(23)16(19-13-5-8-18-20(13)2)6-9-21(10-7-16)14(22)12-4-3-11-24-12/h3-5,8,11,19H,6-7,9-10H2,1-2H3,(H,17,23). The molecule has 1 fully saturated rings. The molecule has 1 aliphatic heterocycles. The van der Waals surface area contributed by atoms with Crippen LogP contribution in [0.2, 0.25) is 0 Å². The van der Waals surface area contributed by atoms with Gasteiger partial charge in [-0.25, -0.2) is 0 Å². The van der Waals surface area contributed by atoms with Crippen LogP contribution in [0.25, 0.3) is 0 Å². The molecule has 1 saturated heterocycles. The Kier molecular flexibility index (Phi) is 4.57. The minimum absolute atomic E-state index is 0.0380. The van der Waals surface area contributed by atoms with Gasteiger partial charge in [0.1, 0.15) is 11.4 Å². The number of aryl methyl sites for hydroxylation is 1. The maximum atomic E-state index is 12.5. The van der Waals surface area contributed by atoms with E-state index in [0.29, 0.717) is 25.9 Å². The van der Waals surface area contributed by atoms with Crippen LogP contribution in [0.15, 0.2) is 29.8 Å². The van der Waals surface area contributed by atoms with Crippen molar-refractivity contribution < 1.29 is 9.59 Å². The molecule has 7 nitrogen and oxygen atoms in total. The van der Waals surface area contributed by atoms with Crippen LogP contribution in [0.5, 0.6) is 0 Å². The minimum atomic E-state index is -0.727. The Labute approximate surface area is 144 Å². The zero-order chi connectivity index (χ0) is 17.2. The van der Waals surface area contributed by atoms with E-state index in [1.165, 1.54) is 11.3 Å². The quantitative estimate of drug-likeness (QED) is 0.874. The third-order valence-electron chi connectivity index (χ3n) is 4.49. The fourth-order valence-electron chi connectivity index (χ4n) is 3.04. The normalized spacial score (nSPS) is 16.7. The molecule has 0 unspecified atom stereocenters. The van der Waals surface area contributed by atoms with Crippen LogP contribution >= 0.6 is 11.3 Å². The largest absolute Gasteiger partial charge is 0.357 e. The smallest absolute Gasteiger partial charge is 0.263 e. The lowest BCUT2D eigenvalue weighted by atomic mass is 9.86. The molecule has 24 heavy (non-hydrogen) atoms. The average molecular weight is 347 g/mol. The van der Waals surface area contributed by atoms with Crippen LogP contribution in [0.4, 0.5) is 5.82 Å². The Bertz CT molecular complexity index is 717. The number of likely N-dealkylation sites (tertiary alicyclic amines) is 1. The lowest BCUT2D eigenvalue weighted by Gasteiger charge is -2.41. The van der Waals surface area contributed by atoms with Crippen LogP contribution in [0, 0.1) is 0 Å². The van der Waals surface area contributed by atoms with Gasteiger partial charge in [-0.2, -0.15) is 5.10 Å². The predicted molar refractivity (Wildman–Crippen MR) is 93.1 cm³/mol. The predicted octanol–water partition coefficient (Wildman–Crippen LogP) is 1.31. The molecule has 0 radical (unpaired) electrons. The highest BCUT2D eigenvalue weighted by atomic mass is 32.1. The van der Waals surface area contributed by atoms with Crippen molar-refractivity contribution in [2.24, 2.45) is 7.05 Å². The Hall–Kier alpha value is -2.35. The van der Waals surface area contributed by atoms with Crippen LogP contribution in [0.1, 0.15) is 22.5 Å². The maximum Gasteiger partial charge on any atom is 0.263 e. The van der Waals surface area contributed by atoms with Gasteiger partial charge in [-0.3, -0.25) is 14.3 Å². The van der Waals surface area contributed by atoms with Crippen molar-refractivity contribution in [3.8, 4) is 0 Å². The fourth-order valence-corrected chi connectivity index (χ4v) is 3.73. The van der Waals surface area contributed by atoms with Crippen molar-refractivity contribution in [3.05, 3.63) is 34.7 Å². The molecule has 3 rings (SSSR count). The summed E-state index contributed by atoms with van der Waals surface area (Å²) in [5.41, 5.74) is -0.727. The van der Waals surface area contributed by atoms with Crippen molar-refractivity contribution >= 4 is 29.0 Å². The monoisotopic (exact) mass is 347 g/mol. The number of nitrogens with one attached hydrogen (secondary N) is 2. The number of rotatable bonds is 4. The van der Waals surface area contributed by atoms with Crippen molar-refractivity contribution in [2.75, 3.05) is 25.5 Å². The van der Waals surface area contributed by atoms with E-state index in [2.05, 4.69) is 15.7 Å². The molecule has 0 aromatic carbocycles. The Balaban J connectivity index is 1.75. The van der Waals surface area contributed by atoms with Gasteiger partial charge in [0, 0.05) is 33.3 Å². The number of amides is 2. The summed E-state index contributed by atoms with van der Waals surface area (Å²) in [6.07, 6.45) is 2.79. The van der Waals surface area contributed by atoms with Gasteiger partial charge in [0.15, 0.2) is 0 Å². The van der Waals surface area contributed by atoms with Crippen LogP contribution in [0.3, 0.4) is 0 Å². The van der Waals surface area contributed by atoms with Crippen LogP contribution in [-0.2, 0) is 11.8 Å². The number of nitrogens with zero attached hydrogens (tertiary/aromatic N) is 3. The molecular formula is C16H21N5O2S. The summed E-state index contributed by atoms with van der Waals surface area (Å²) in [6, 6.07) is 5.55. The number of carbonyl (C=O) groups is 2. The zero-order valence-corrected chi connectivity index (χ0v) is 14.6. The zero-order valence-electron chi connectivity index (χ0n) is 13.8. The van der Waals surface area contributed by atoms with Crippen LogP contribution in [-0.4, -0.2) is 52.2 Å². The maximum absolute atomic E-state index is 12.5. The topological polar surface area (TPSA) is 79.3 Å². The first-order chi connectivity index (χ1) is 11.6. The first-order valence-electron chi connectivity index (χ1n) is 7.87. The van der Waals surface area contributed by atoms with E-state index < -0.39 is 5.54 Å². The number of hydrogen-bond donors (Lipinski definition) is 2. The molecule has 2 aromatic heterocycles. The van der Waals surface area contributed by atoms with Gasteiger partial charge >= 0.3 is 0 Å². The highest BCUT2D eigenvalue weighted by Crippen LogP contribution is 2.28. The Morgan fingerprint density at radius 1 is 1.29 bits per heavy atom. The van der Waals surface area contributed by atoms with E-state index in [0.717, 1.165) is 10.7 Å². The van der Waals surface area contributed by atoms with E-state index >= 15 is 0 Å². The average Bonchev–Trinajstić information content (AvgIpc) is 3.26. The van der Waals surface area contributed by atoms with Gasteiger partial charge in [-0.15, -0.1) is 11.3 Å². The third kappa shape index (κ3) is 3.01. The lowest BCUT2D eigenvalue weighted by molar-refractivity contribution is -0.126. The molecule has 2 amide bonds. The molecule has 2 aromatic rings. The van der Waals surface area contributed by atoms with E-state index in [4.69, 9.17) is 0 Å². The molecule has 128 valence electrons. The van der Waals surface area contributed by atoms with Gasteiger partial charge in [-0.05, 0) is 24.3 Å². The second-order valence-corrected chi connectivity index (χ2v) is 6.84. The molecule has 0 saturated carbocycles. The SMILES string of the molecule is CNC(=O)C1(Nc2ccnn2C)CCN(C(=O)c2cccs2)CC1. The number of thiophene rings is 1. The number of aromatic nitrogens is 2. The molecule has 0 spiro atoms. The number of likely N-dealkylation sites (N-methyl/N-ethyl adjacent to an activating group) is 1. The summed E-state index contributed by atoms with van der Waals surface area (Å²) in [5.74, 6) is 0.764. The molecular weight excluding hydrogens is 326 g/mol. The number of hydrogen-bond acceptors (Lipinski definition) is 5. The molecule has 1 aliphatic rings. The highest BCUT2D eigenvalue weighted by molar-refractivity contribution is 7.12. The first kappa shape index (κ1) is 16.5. The van der Waals surface area contributed by atoms with Gasteiger partial charge in [-0.1, -0.05) is 6.07 Å². The second-order valence-electron chi connectivity index (χ2n) is 5.90. The van der Waals surface area contributed by atoms with E-state index in [-0.39, 0.29) is 11.8 Å². The van der Waals surface area contributed by atoms with Crippen molar-refractivity contribution in [2.45, 2.75) is 18.4 Å². The van der Waals surface area contributed by atoms with Crippen molar-refractivity contribution in [3.63, 3.8) is 0 Å². The summed E-state index contributed by atoms with van der Waals surface area (Å²) >= 11 is 1.44. The van der Waals surface area contributed by atoms with E-state index in [9.17, 15) is 9.59 Å². The highest BCUT2D eigenvalue weighted by Gasteiger charge is 2.42. The summed E-state index contributed by atoms with van der Waals surface area (Å²) in [4.78, 5) is 27.6. The number of anilines is 1. The van der Waals surface area contributed by atoms with E-state index in [1.54, 1.807) is 17.9 Å². The molecule has 3 heterocycles. The summed E-state index contributed by atoms with van der Waals surface area (Å²) in [7, 11) is 3.47. The van der Waals surface area contributed by atoms with Gasteiger partial charge in [0.05, 0.1) is 11.1 Å². The summed E-state index contributed by atoms with van der Waals surface area (Å²) in [6.45, 7) is 1.07. The fraction of sp³-hybridized carbons (Fsp3) is 0.438. The number of carbonyl (C=O) groups excluding carboxylic acids is 2. The van der Waals surface area contributed by atoms with E-state index in [1.807, 2.05) is 35.5 Å². The molecule has 0 aliphatic carbocycles. The Morgan fingerprint density at radius 2 is 2.04 bits per heavy atom. The van der Waals surface area contributed by atoms with Crippen LogP contribution < -0.4 is 10.6 Å². The minimum Gasteiger partial charge on any atom is -0.357 e. The van der Waals surface area contributed by atoms with Gasteiger partial charge in [0.2, 0.25) is 5.91 Å². The molecule has 8 heteroatoms. The molecule has 2 N–H and O–H groups in total. The second kappa shape index (κ2) is 6.64. The molecule has 0 bridgehead atoms. The van der Waals surface area contributed by atoms with Crippen molar-refractivity contribution in [1.82, 2.24) is 20.0 Å². The first-order valence-corrected chi connectivity index (χ1v) is 8.75. The molecule has 0 atom stereocenters. The lowest BCUT2D eigenvalue weighted by Crippen LogP contribution is -2.58. The Morgan fingerprint density at radius 3 is 2.58 bits per heavy atom.